The SMILES string of the molecule is Cc1nn(CC(=O)NCc2ccnn2C)cc1Br. The normalized spacial score (nSPS) is 10.6. The lowest BCUT2D eigenvalue weighted by molar-refractivity contribution is -0.122. The van der Waals surface area contributed by atoms with Crippen molar-refractivity contribution in [3.8, 4) is 0 Å². The summed E-state index contributed by atoms with van der Waals surface area (Å²) < 4.78 is 4.24. The van der Waals surface area contributed by atoms with Crippen LogP contribution in [0.3, 0.4) is 0 Å². The van der Waals surface area contributed by atoms with Crippen molar-refractivity contribution >= 4 is 21.8 Å². The second-order valence-corrected chi connectivity index (χ2v) is 4.84. The highest BCUT2D eigenvalue weighted by Gasteiger charge is 2.07. The van der Waals surface area contributed by atoms with Crippen LogP contribution in [0.1, 0.15) is 11.4 Å². The van der Waals surface area contributed by atoms with Crippen molar-refractivity contribution < 1.29 is 4.79 Å². The first-order valence-electron chi connectivity index (χ1n) is 5.49. The van der Waals surface area contributed by atoms with Gasteiger partial charge in [0.05, 0.1) is 22.4 Å². The summed E-state index contributed by atoms with van der Waals surface area (Å²) in [5.74, 6) is -0.0776. The van der Waals surface area contributed by atoms with Gasteiger partial charge in [-0.2, -0.15) is 10.2 Å². The molecule has 0 aliphatic heterocycles. The minimum Gasteiger partial charge on any atom is -0.349 e. The molecule has 0 fully saturated rings. The van der Waals surface area contributed by atoms with Crippen LogP contribution in [0, 0.1) is 6.92 Å². The summed E-state index contributed by atoms with van der Waals surface area (Å²) in [7, 11) is 1.84. The zero-order chi connectivity index (χ0) is 13.1. The second kappa shape index (κ2) is 5.34. The lowest BCUT2D eigenvalue weighted by Gasteiger charge is -2.05. The topological polar surface area (TPSA) is 64.7 Å². The second-order valence-electron chi connectivity index (χ2n) is 3.98. The van der Waals surface area contributed by atoms with E-state index in [9.17, 15) is 4.79 Å². The fourth-order valence-corrected chi connectivity index (χ4v) is 1.86. The summed E-state index contributed by atoms with van der Waals surface area (Å²) in [6.07, 6.45) is 3.49. The quantitative estimate of drug-likeness (QED) is 0.916. The number of aromatic nitrogens is 4. The predicted molar refractivity (Wildman–Crippen MR) is 69.7 cm³/mol. The van der Waals surface area contributed by atoms with Crippen LogP contribution in [0.2, 0.25) is 0 Å². The van der Waals surface area contributed by atoms with E-state index in [4.69, 9.17) is 0 Å². The van der Waals surface area contributed by atoms with E-state index in [1.54, 1.807) is 21.8 Å². The Hall–Kier alpha value is -1.63. The van der Waals surface area contributed by atoms with Gasteiger partial charge in [-0.15, -0.1) is 0 Å². The van der Waals surface area contributed by atoms with Crippen LogP contribution in [0.5, 0.6) is 0 Å². The molecule has 6 nitrogen and oxygen atoms in total. The minimum absolute atomic E-state index is 0.0776. The van der Waals surface area contributed by atoms with E-state index >= 15 is 0 Å². The van der Waals surface area contributed by atoms with Gasteiger partial charge in [0.15, 0.2) is 0 Å². The molecule has 1 amide bonds. The van der Waals surface area contributed by atoms with Crippen LogP contribution in [0.15, 0.2) is 22.9 Å². The molecule has 0 bridgehead atoms. The molecular weight excluding hydrogens is 298 g/mol. The Morgan fingerprint density at radius 2 is 2.33 bits per heavy atom. The molecule has 0 unspecified atom stereocenters. The molecule has 0 saturated carbocycles. The van der Waals surface area contributed by atoms with Crippen molar-refractivity contribution in [3.05, 3.63) is 34.3 Å². The monoisotopic (exact) mass is 311 g/mol. The fourth-order valence-electron chi connectivity index (χ4n) is 1.54. The highest BCUT2D eigenvalue weighted by atomic mass is 79.9. The minimum atomic E-state index is -0.0776. The molecule has 0 aliphatic rings. The standard InChI is InChI=1S/C11H14BrN5O/c1-8-10(12)6-17(15-8)7-11(18)13-5-9-3-4-14-16(9)2/h3-4,6H,5,7H2,1-2H3,(H,13,18). The largest absolute Gasteiger partial charge is 0.349 e. The average molecular weight is 312 g/mol. The van der Waals surface area contributed by atoms with E-state index in [1.807, 2.05) is 20.0 Å². The first-order chi connectivity index (χ1) is 8.56. The highest BCUT2D eigenvalue weighted by molar-refractivity contribution is 9.10. The number of nitrogens with one attached hydrogen (secondary N) is 1. The summed E-state index contributed by atoms with van der Waals surface area (Å²) in [6.45, 7) is 2.56. The van der Waals surface area contributed by atoms with Gasteiger partial charge in [0.1, 0.15) is 6.54 Å². The summed E-state index contributed by atoms with van der Waals surface area (Å²) >= 11 is 3.36. The Balaban J connectivity index is 1.87. The molecule has 0 saturated heterocycles. The van der Waals surface area contributed by atoms with Crippen LogP contribution in [-0.2, 0) is 24.9 Å². The first-order valence-corrected chi connectivity index (χ1v) is 6.28. The van der Waals surface area contributed by atoms with Crippen molar-refractivity contribution in [2.45, 2.75) is 20.0 Å². The smallest absolute Gasteiger partial charge is 0.242 e. The van der Waals surface area contributed by atoms with Gasteiger partial charge in [-0.25, -0.2) is 0 Å². The Bertz CT molecular complexity index is 540. The van der Waals surface area contributed by atoms with E-state index in [0.717, 1.165) is 15.9 Å². The number of aryl methyl sites for hydroxylation is 2. The number of hydrogen-bond donors (Lipinski definition) is 1. The first kappa shape index (κ1) is 12.8. The van der Waals surface area contributed by atoms with Crippen molar-refractivity contribution in [1.82, 2.24) is 24.9 Å². The number of nitrogens with zero attached hydrogens (tertiary/aromatic N) is 4. The molecule has 2 aromatic heterocycles. The number of amides is 1. The van der Waals surface area contributed by atoms with Gasteiger partial charge in [-0.3, -0.25) is 14.2 Å². The van der Waals surface area contributed by atoms with Crippen LogP contribution in [0.4, 0.5) is 0 Å². The molecule has 2 heterocycles. The van der Waals surface area contributed by atoms with E-state index in [2.05, 4.69) is 31.4 Å². The fraction of sp³-hybridized carbons (Fsp3) is 0.364. The van der Waals surface area contributed by atoms with E-state index in [-0.39, 0.29) is 12.5 Å². The van der Waals surface area contributed by atoms with Gasteiger partial charge in [0.2, 0.25) is 5.91 Å². The van der Waals surface area contributed by atoms with E-state index < -0.39 is 0 Å². The van der Waals surface area contributed by atoms with Gasteiger partial charge in [-0.05, 0) is 28.9 Å². The molecule has 2 aromatic rings. The van der Waals surface area contributed by atoms with Gasteiger partial charge in [0, 0.05) is 19.4 Å². The molecule has 2 rings (SSSR count). The van der Waals surface area contributed by atoms with Gasteiger partial charge in [-0.1, -0.05) is 0 Å². The maximum absolute atomic E-state index is 11.7. The molecule has 7 heteroatoms. The number of carbonyl (C=O) groups is 1. The summed E-state index contributed by atoms with van der Waals surface area (Å²) in [4.78, 5) is 11.7. The van der Waals surface area contributed by atoms with Crippen molar-refractivity contribution in [1.29, 1.82) is 0 Å². The molecule has 18 heavy (non-hydrogen) atoms. The average Bonchev–Trinajstić information content (AvgIpc) is 2.84. The van der Waals surface area contributed by atoms with E-state index in [1.165, 1.54) is 0 Å². The molecule has 0 spiro atoms. The van der Waals surface area contributed by atoms with Gasteiger partial charge < -0.3 is 5.32 Å². The molecule has 96 valence electrons. The van der Waals surface area contributed by atoms with Crippen LogP contribution in [0.25, 0.3) is 0 Å². The maximum atomic E-state index is 11.7. The van der Waals surface area contributed by atoms with Crippen LogP contribution >= 0.6 is 15.9 Å². The Morgan fingerprint density at radius 3 is 2.89 bits per heavy atom. The third-order valence-corrected chi connectivity index (χ3v) is 3.36. The molecular formula is C11H14BrN5O. The van der Waals surface area contributed by atoms with Crippen molar-refractivity contribution in [2.24, 2.45) is 7.05 Å². The molecule has 0 aromatic carbocycles. The number of rotatable bonds is 4. The Labute approximate surface area is 113 Å². The maximum Gasteiger partial charge on any atom is 0.242 e. The lowest BCUT2D eigenvalue weighted by Crippen LogP contribution is -2.28. The zero-order valence-electron chi connectivity index (χ0n) is 10.2. The Kier molecular flexibility index (Phi) is 3.81. The third kappa shape index (κ3) is 2.98. The number of hydrogen-bond acceptors (Lipinski definition) is 3. The summed E-state index contributed by atoms with van der Waals surface area (Å²) in [5, 5.41) is 11.1. The van der Waals surface area contributed by atoms with Crippen LogP contribution in [-0.4, -0.2) is 25.5 Å². The zero-order valence-corrected chi connectivity index (χ0v) is 11.8. The van der Waals surface area contributed by atoms with Crippen molar-refractivity contribution in [3.63, 3.8) is 0 Å². The van der Waals surface area contributed by atoms with E-state index in [0.29, 0.717) is 6.54 Å². The van der Waals surface area contributed by atoms with Crippen molar-refractivity contribution in [2.75, 3.05) is 0 Å². The molecule has 0 atom stereocenters. The molecule has 0 aliphatic carbocycles. The predicted octanol–water partition coefficient (Wildman–Crippen LogP) is 1.00. The Morgan fingerprint density at radius 1 is 1.56 bits per heavy atom. The summed E-state index contributed by atoms with van der Waals surface area (Å²) in [6, 6.07) is 1.87. The number of carbonyl (C=O) groups excluding carboxylic acids is 1. The van der Waals surface area contributed by atoms with Crippen LogP contribution < -0.4 is 5.32 Å². The molecule has 1 N–H and O–H groups in total. The third-order valence-electron chi connectivity index (χ3n) is 2.58. The summed E-state index contributed by atoms with van der Waals surface area (Å²) in [5.41, 5.74) is 1.83. The highest BCUT2D eigenvalue weighted by Crippen LogP contribution is 2.12. The lowest BCUT2D eigenvalue weighted by atomic mass is 10.4. The van der Waals surface area contributed by atoms with Gasteiger partial charge >= 0.3 is 0 Å². The number of halogens is 1. The molecule has 0 radical (unpaired) electrons. The van der Waals surface area contributed by atoms with Gasteiger partial charge in [0.25, 0.3) is 0 Å².